The molecular weight excluding hydrogens is 404 g/mol. The Morgan fingerprint density at radius 2 is 1.96 bits per heavy atom. The number of hydrogen-bond donors (Lipinski definition) is 1. The molecule has 2 aromatic rings. The van der Waals surface area contributed by atoms with Gasteiger partial charge in [-0.3, -0.25) is 14.9 Å². The summed E-state index contributed by atoms with van der Waals surface area (Å²) < 4.78 is 0.768. The van der Waals surface area contributed by atoms with Crippen molar-refractivity contribution in [3.63, 3.8) is 0 Å². The third kappa shape index (κ3) is 5.53. The monoisotopic (exact) mass is 414 g/mol. The number of carbonyl (C=O) groups excluding carboxylic acids is 1. The zero-order valence-electron chi connectivity index (χ0n) is 11.8. The molecule has 1 amide bonds. The summed E-state index contributed by atoms with van der Waals surface area (Å²) >= 11 is 10.7. The van der Waals surface area contributed by atoms with Gasteiger partial charge in [0.1, 0.15) is 0 Å². The average Bonchev–Trinajstić information content (AvgIpc) is 2.51. The number of nitro groups is 1. The predicted octanol–water partition coefficient (Wildman–Crippen LogP) is 4.88. The van der Waals surface area contributed by atoms with Crippen LogP contribution in [0.2, 0.25) is 5.02 Å². The van der Waals surface area contributed by atoms with E-state index in [4.69, 9.17) is 11.6 Å². The summed E-state index contributed by atoms with van der Waals surface area (Å²) in [5.74, 6) is 0.757. The molecule has 0 aliphatic heterocycles. The van der Waals surface area contributed by atoms with E-state index in [1.165, 1.54) is 23.9 Å². The van der Waals surface area contributed by atoms with Crippen LogP contribution in [-0.2, 0) is 10.5 Å². The van der Waals surface area contributed by atoms with Gasteiger partial charge in [-0.2, -0.15) is 0 Å². The highest BCUT2D eigenvalue weighted by atomic mass is 79.9. The van der Waals surface area contributed by atoms with Crippen molar-refractivity contribution in [3.8, 4) is 0 Å². The van der Waals surface area contributed by atoms with E-state index in [2.05, 4.69) is 21.2 Å². The summed E-state index contributed by atoms with van der Waals surface area (Å²) in [6.07, 6.45) is 0. The predicted molar refractivity (Wildman–Crippen MR) is 97.0 cm³/mol. The topological polar surface area (TPSA) is 72.2 Å². The van der Waals surface area contributed by atoms with E-state index >= 15 is 0 Å². The molecule has 0 spiro atoms. The van der Waals surface area contributed by atoms with E-state index in [1.54, 1.807) is 30.3 Å². The maximum atomic E-state index is 11.9. The van der Waals surface area contributed by atoms with Crippen molar-refractivity contribution in [2.75, 3.05) is 11.1 Å². The molecule has 0 fully saturated rings. The van der Waals surface area contributed by atoms with Crippen LogP contribution in [0.4, 0.5) is 11.4 Å². The average molecular weight is 416 g/mol. The molecule has 0 radical (unpaired) electrons. The number of rotatable bonds is 6. The zero-order chi connectivity index (χ0) is 16.8. The number of nitrogens with zero attached hydrogens (tertiary/aromatic N) is 1. The van der Waals surface area contributed by atoms with Crippen molar-refractivity contribution in [1.82, 2.24) is 0 Å². The quantitative estimate of drug-likeness (QED) is 0.539. The summed E-state index contributed by atoms with van der Waals surface area (Å²) in [7, 11) is 0. The highest BCUT2D eigenvalue weighted by Gasteiger charge is 2.07. The number of anilines is 1. The molecule has 2 aromatic carbocycles. The molecule has 0 saturated heterocycles. The van der Waals surface area contributed by atoms with Crippen molar-refractivity contribution in [2.24, 2.45) is 0 Å². The van der Waals surface area contributed by atoms with Gasteiger partial charge in [-0.1, -0.05) is 23.7 Å². The third-order valence-electron chi connectivity index (χ3n) is 2.85. The fraction of sp³-hybridized carbons (Fsp3) is 0.133. The van der Waals surface area contributed by atoms with Crippen LogP contribution in [0.15, 0.2) is 46.9 Å². The maximum Gasteiger partial charge on any atom is 0.269 e. The van der Waals surface area contributed by atoms with Crippen molar-refractivity contribution in [1.29, 1.82) is 0 Å². The molecule has 0 bridgehead atoms. The molecule has 1 N–H and O–H groups in total. The number of hydrogen-bond acceptors (Lipinski definition) is 4. The smallest absolute Gasteiger partial charge is 0.269 e. The standard InChI is InChI=1S/C15H12BrClN2O3S/c16-13-6-3-11(7-14(13)17)18-15(20)9-23-8-10-1-4-12(5-2-10)19(21)22/h1-7H,8-9H2,(H,18,20). The van der Waals surface area contributed by atoms with E-state index in [0.29, 0.717) is 16.5 Å². The summed E-state index contributed by atoms with van der Waals surface area (Å²) in [6, 6.07) is 11.5. The van der Waals surface area contributed by atoms with Crippen molar-refractivity contribution in [2.45, 2.75) is 5.75 Å². The van der Waals surface area contributed by atoms with Gasteiger partial charge in [-0.15, -0.1) is 11.8 Å². The Kier molecular flexibility index (Phi) is 6.44. The second kappa shape index (κ2) is 8.33. The summed E-state index contributed by atoms with van der Waals surface area (Å²) in [4.78, 5) is 22.0. The Hall–Kier alpha value is -1.57. The number of non-ortho nitro benzene ring substituents is 1. The lowest BCUT2D eigenvalue weighted by molar-refractivity contribution is -0.384. The minimum atomic E-state index is -0.437. The molecule has 0 unspecified atom stereocenters. The second-order valence-electron chi connectivity index (χ2n) is 4.59. The van der Waals surface area contributed by atoms with Crippen molar-refractivity contribution in [3.05, 3.63) is 67.6 Å². The normalized spacial score (nSPS) is 10.3. The fourth-order valence-corrected chi connectivity index (χ4v) is 2.96. The van der Waals surface area contributed by atoms with Gasteiger partial charge < -0.3 is 5.32 Å². The third-order valence-corrected chi connectivity index (χ3v) is 5.09. The first-order chi connectivity index (χ1) is 11.0. The van der Waals surface area contributed by atoms with Crippen LogP contribution >= 0.6 is 39.3 Å². The van der Waals surface area contributed by atoms with Crippen molar-refractivity contribution >= 4 is 56.6 Å². The van der Waals surface area contributed by atoms with Gasteiger partial charge >= 0.3 is 0 Å². The Labute approximate surface area is 150 Å². The molecule has 0 aliphatic carbocycles. The van der Waals surface area contributed by atoms with Gasteiger partial charge in [0.05, 0.1) is 15.7 Å². The highest BCUT2D eigenvalue weighted by molar-refractivity contribution is 9.10. The number of benzene rings is 2. The van der Waals surface area contributed by atoms with Crippen LogP contribution in [0, 0.1) is 10.1 Å². The lowest BCUT2D eigenvalue weighted by atomic mass is 10.2. The van der Waals surface area contributed by atoms with Crippen LogP contribution in [0.25, 0.3) is 0 Å². The van der Waals surface area contributed by atoms with E-state index in [-0.39, 0.29) is 17.3 Å². The Morgan fingerprint density at radius 3 is 2.57 bits per heavy atom. The molecule has 0 heterocycles. The van der Waals surface area contributed by atoms with Crippen LogP contribution in [0.3, 0.4) is 0 Å². The maximum absolute atomic E-state index is 11.9. The number of nitrogens with one attached hydrogen (secondary N) is 1. The SMILES string of the molecule is O=C(CSCc1ccc([N+](=O)[O-])cc1)Nc1ccc(Br)c(Cl)c1. The molecule has 0 atom stereocenters. The number of carbonyl (C=O) groups is 1. The highest BCUT2D eigenvalue weighted by Crippen LogP contribution is 2.25. The summed E-state index contributed by atoms with van der Waals surface area (Å²) in [5, 5.41) is 13.9. The minimum absolute atomic E-state index is 0.0589. The largest absolute Gasteiger partial charge is 0.325 e. The molecule has 0 aromatic heterocycles. The fourth-order valence-electron chi connectivity index (χ4n) is 1.75. The molecule has 0 saturated carbocycles. The van der Waals surface area contributed by atoms with Crippen LogP contribution in [0.1, 0.15) is 5.56 Å². The summed E-state index contributed by atoms with van der Waals surface area (Å²) in [6.45, 7) is 0. The molecular formula is C15H12BrClN2O3S. The first kappa shape index (κ1) is 17.8. The first-order valence-corrected chi connectivity index (χ1v) is 8.84. The second-order valence-corrected chi connectivity index (χ2v) is 6.84. The molecule has 0 aliphatic rings. The Bertz CT molecular complexity index is 725. The molecule has 2 rings (SSSR count). The van der Waals surface area contributed by atoms with Crippen LogP contribution in [-0.4, -0.2) is 16.6 Å². The van der Waals surface area contributed by atoms with Crippen molar-refractivity contribution < 1.29 is 9.72 Å². The van der Waals surface area contributed by atoms with Gasteiger partial charge in [0.25, 0.3) is 5.69 Å². The molecule has 8 heteroatoms. The van der Waals surface area contributed by atoms with Crippen LogP contribution in [0.5, 0.6) is 0 Å². The molecule has 120 valence electrons. The van der Waals surface area contributed by atoms with E-state index in [1.807, 2.05) is 0 Å². The van der Waals surface area contributed by atoms with Gasteiger partial charge in [-0.05, 0) is 39.7 Å². The minimum Gasteiger partial charge on any atom is -0.325 e. The lowest BCUT2D eigenvalue weighted by Gasteiger charge is -2.06. The van der Waals surface area contributed by atoms with E-state index in [0.717, 1.165) is 10.0 Å². The number of nitro benzene ring substituents is 1. The van der Waals surface area contributed by atoms with Gasteiger partial charge in [-0.25, -0.2) is 0 Å². The zero-order valence-corrected chi connectivity index (χ0v) is 15.0. The van der Waals surface area contributed by atoms with Crippen LogP contribution < -0.4 is 5.32 Å². The first-order valence-electron chi connectivity index (χ1n) is 6.51. The van der Waals surface area contributed by atoms with Gasteiger partial charge in [0.2, 0.25) is 5.91 Å². The molecule has 5 nitrogen and oxygen atoms in total. The summed E-state index contributed by atoms with van der Waals surface area (Å²) in [5.41, 5.74) is 1.63. The van der Waals surface area contributed by atoms with E-state index < -0.39 is 4.92 Å². The van der Waals surface area contributed by atoms with Gasteiger partial charge in [0, 0.05) is 28.0 Å². The Balaban J connectivity index is 1.80. The number of thioether (sulfide) groups is 1. The molecule has 23 heavy (non-hydrogen) atoms. The number of halogens is 2. The van der Waals surface area contributed by atoms with Gasteiger partial charge in [0.15, 0.2) is 0 Å². The number of amides is 1. The lowest BCUT2D eigenvalue weighted by Crippen LogP contribution is -2.14. The van der Waals surface area contributed by atoms with E-state index in [9.17, 15) is 14.9 Å². The Morgan fingerprint density at radius 1 is 1.26 bits per heavy atom.